The molecule has 0 aromatic carbocycles. The lowest BCUT2D eigenvalue weighted by molar-refractivity contribution is 0.637. The second-order valence-corrected chi connectivity index (χ2v) is 2.87. The highest BCUT2D eigenvalue weighted by molar-refractivity contribution is 5.85. The molecule has 0 N–H and O–H groups in total. The molecular weight excluding hydrogens is 168 g/mol. The van der Waals surface area contributed by atoms with Crippen LogP contribution in [0.3, 0.4) is 0 Å². The summed E-state index contributed by atoms with van der Waals surface area (Å²) >= 11 is 0. The summed E-state index contributed by atoms with van der Waals surface area (Å²) < 4.78 is 0. The average Bonchev–Trinajstić information content (AvgIpc) is 2.03. The Hall–Kier alpha value is -0.230. The summed E-state index contributed by atoms with van der Waals surface area (Å²) in [4.78, 5) is 0. The summed E-state index contributed by atoms with van der Waals surface area (Å²) in [5, 5.41) is 0. The highest BCUT2D eigenvalue weighted by atomic mass is 35.5. The lowest BCUT2D eigenvalue weighted by atomic mass is 10.1. The molecule has 0 aliphatic rings. The van der Waals surface area contributed by atoms with Crippen molar-refractivity contribution in [2.75, 3.05) is 0 Å². The zero-order valence-corrected chi connectivity index (χ0v) is 8.91. The van der Waals surface area contributed by atoms with Gasteiger partial charge in [0.05, 0.1) is 0 Å². The zero-order valence-electron chi connectivity index (χ0n) is 8.09. The molecule has 0 aliphatic carbocycles. The van der Waals surface area contributed by atoms with Crippen LogP contribution in [0.2, 0.25) is 0 Å². The highest BCUT2D eigenvalue weighted by Gasteiger charge is 1.85. The van der Waals surface area contributed by atoms with Crippen molar-refractivity contribution in [1.82, 2.24) is 0 Å². The van der Waals surface area contributed by atoms with Crippen molar-refractivity contribution in [3.05, 3.63) is 24.8 Å². The summed E-state index contributed by atoms with van der Waals surface area (Å²) in [7, 11) is 0. The summed E-state index contributed by atoms with van der Waals surface area (Å²) in [5.74, 6) is 0. The summed E-state index contributed by atoms with van der Waals surface area (Å²) in [6, 6.07) is 0. The van der Waals surface area contributed by atoms with E-state index in [0.29, 0.717) is 0 Å². The van der Waals surface area contributed by atoms with E-state index in [9.17, 15) is 0 Å². The third-order valence-corrected chi connectivity index (χ3v) is 1.75. The van der Waals surface area contributed by atoms with Crippen LogP contribution in [0.4, 0.5) is 0 Å². The van der Waals surface area contributed by atoms with E-state index in [-0.39, 0.29) is 12.4 Å². The largest absolute Gasteiger partial charge is 0.147 e. The van der Waals surface area contributed by atoms with Gasteiger partial charge in [0.15, 0.2) is 0 Å². The maximum absolute atomic E-state index is 3.62. The van der Waals surface area contributed by atoms with Crippen LogP contribution in [0.15, 0.2) is 24.8 Å². The van der Waals surface area contributed by atoms with E-state index in [2.05, 4.69) is 19.6 Å². The topological polar surface area (TPSA) is 0 Å². The van der Waals surface area contributed by atoms with Crippen molar-refractivity contribution in [2.45, 2.75) is 45.4 Å². The van der Waals surface area contributed by atoms with Gasteiger partial charge in [0, 0.05) is 0 Å². The molecule has 0 spiro atoms. The Morgan fingerprint density at radius 3 is 2.33 bits per heavy atom. The smallest absolute Gasteiger partial charge is 0.0348 e. The van der Waals surface area contributed by atoms with E-state index in [1.807, 2.05) is 12.2 Å². The van der Waals surface area contributed by atoms with E-state index in [1.54, 1.807) is 0 Å². The van der Waals surface area contributed by atoms with Gasteiger partial charge in [0.2, 0.25) is 0 Å². The first kappa shape index (κ1) is 14.3. The van der Waals surface area contributed by atoms with Crippen LogP contribution >= 0.6 is 12.4 Å². The van der Waals surface area contributed by atoms with Crippen LogP contribution in [0, 0.1) is 0 Å². The number of allylic oxidation sites excluding steroid dienone is 3. The molecule has 0 fully saturated rings. The fourth-order valence-corrected chi connectivity index (χ4v) is 1.06. The fraction of sp³-hybridized carbons (Fsp3) is 0.636. The Balaban J connectivity index is 0. The molecule has 0 rings (SSSR count). The fourth-order valence-electron chi connectivity index (χ4n) is 1.06. The van der Waals surface area contributed by atoms with E-state index >= 15 is 0 Å². The Morgan fingerprint density at radius 2 is 1.75 bits per heavy atom. The van der Waals surface area contributed by atoms with Gasteiger partial charge in [-0.25, -0.2) is 0 Å². The van der Waals surface area contributed by atoms with Gasteiger partial charge in [-0.1, -0.05) is 57.4 Å². The molecular formula is C11H21Cl. The minimum atomic E-state index is 0. The second kappa shape index (κ2) is 13.4. The summed E-state index contributed by atoms with van der Waals surface area (Å²) in [6.45, 7) is 5.87. The number of rotatable bonds is 7. The van der Waals surface area contributed by atoms with Gasteiger partial charge >= 0.3 is 0 Å². The third-order valence-electron chi connectivity index (χ3n) is 1.75. The summed E-state index contributed by atoms with van der Waals surface area (Å²) in [6.07, 6.45) is 14.1. The predicted molar refractivity (Wildman–Crippen MR) is 60.0 cm³/mol. The monoisotopic (exact) mass is 188 g/mol. The van der Waals surface area contributed by atoms with Crippen LogP contribution < -0.4 is 0 Å². The van der Waals surface area contributed by atoms with Crippen molar-refractivity contribution >= 4 is 12.4 Å². The van der Waals surface area contributed by atoms with E-state index in [4.69, 9.17) is 0 Å². The lowest BCUT2D eigenvalue weighted by Gasteiger charge is -1.95. The van der Waals surface area contributed by atoms with Gasteiger partial charge in [-0.15, -0.1) is 12.4 Å². The third kappa shape index (κ3) is 12.4. The van der Waals surface area contributed by atoms with Gasteiger partial charge in [-0.05, 0) is 12.8 Å². The molecule has 0 aromatic rings. The maximum atomic E-state index is 3.62. The zero-order chi connectivity index (χ0) is 8.36. The predicted octanol–water partition coefficient (Wildman–Crippen LogP) is 4.51. The quantitative estimate of drug-likeness (QED) is 0.408. The molecule has 0 unspecified atom stereocenters. The van der Waals surface area contributed by atoms with Crippen molar-refractivity contribution in [1.29, 1.82) is 0 Å². The molecule has 0 heterocycles. The van der Waals surface area contributed by atoms with Crippen LogP contribution in [-0.2, 0) is 0 Å². The molecule has 12 heavy (non-hydrogen) atoms. The van der Waals surface area contributed by atoms with Crippen LogP contribution in [0.1, 0.15) is 45.4 Å². The SMILES string of the molecule is C=CC=CCCCCCCC.Cl. The first-order chi connectivity index (χ1) is 5.41. The van der Waals surface area contributed by atoms with Crippen molar-refractivity contribution in [2.24, 2.45) is 0 Å². The Morgan fingerprint density at radius 1 is 1.08 bits per heavy atom. The molecule has 0 nitrogen and oxygen atoms in total. The van der Waals surface area contributed by atoms with E-state index in [0.717, 1.165) is 0 Å². The summed E-state index contributed by atoms with van der Waals surface area (Å²) in [5.41, 5.74) is 0. The van der Waals surface area contributed by atoms with Gasteiger partial charge in [-0.2, -0.15) is 0 Å². The molecule has 0 aliphatic heterocycles. The van der Waals surface area contributed by atoms with Gasteiger partial charge in [0.1, 0.15) is 0 Å². The molecule has 0 amide bonds. The van der Waals surface area contributed by atoms with Crippen LogP contribution in [-0.4, -0.2) is 0 Å². The highest BCUT2D eigenvalue weighted by Crippen LogP contribution is 2.04. The number of hydrogen-bond acceptors (Lipinski definition) is 0. The first-order valence-corrected chi connectivity index (χ1v) is 4.69. The van der Waals surface area contributed by atoms with Crippen LogP contribution in [0.5, 0.6) is 0 Å². The van der Waals surface area contributed by atoms with Gasteiger partial charge < -0.3 is 0 Å². The molecule has 0 radical (unpaired) electrons. The first-order valence-electron chi connectivity index (χ1n) is 4.69. The molecule has 0 atom stereocenters. The maximum Gasteiger partial charge on any atom is -0.0348 e. The molecule has 0 bridgehead atoms. The van der Waals surface area contributed by atoms with Crippen LogP contribution in [0.25, 0.3) is 0 Å². The van der Waals surface area contributed by atoms with Gasteiger partial charge in [0.25, 0.3) is 0 Å². The lowest BCUT2D eigenvalue weighted by Crippen LogP contribution is -1.75. The Kier molecular flexibility index (Phi) is 15.9. The van der Waals surface area contributed by atoms with Crippen molar-refractivity contribution in [3.63, 3.8) is 0 Å². The molecule has 72 valence electrons. The standard InChI is InChI=1S/C11H20.ClH/c1-3-5-7-9-11-10-8-6-4-2;/h3,5,7H,1,4,6,8-11H2,2H3;1H. The second-order valence-electron chi connectivity index (χ2n) is 2.87. The average molecular weight is 189 g/mol. The molecule has 0 saturated heterocycles. The van der Waals surface area contributed by atoms with Crippen molar-refractivity contribution < 1.29 is 0 Å². The minimum Gasteiger partial charge on any atom is -0.147 e. The Labute approximate surface area is 83.2 Å². The van der Waals surface area contributed by atoms with E-state index < -0.39 is 0 Å². The number of unbranched alkanes of at least 4 members (excludes halogenated alkanes) is 5. The van der Waals surface area contributed by atoms with E-state index in [1.165, 1.54) is 38.5 Å². The molecule has 1 heteroatoms. The number of hydrogen-bond donors (Lipinski definition) is 0. The number of halogens is 1. The normalized spacial score (nSPS) is 9.75. The molecule has 0 aromatic heterocycles. The Bertz CT molecular complexity index is 106. The molecule has 0 saturated carbocycles. The van der Waals surface area contributed by atoms with Gasteiger partial charge in [-0.3, -0.25) is 0 Å². The van der Waals surface area contributed by atoms with Crippen molar-refractivity contribution in [3.8, 4) is 0 Å². The minimum absolute atomic E-state index is 0.